The van der Waals surface area contributed by atoms with Crippen LogP contribution in [0.15, 0.2) is 53.4 Å². The molecule has 170 valence electrons. The van der Waals surface area contributed by atoms with Crippen LogP contribution >= 0.6 is 0 Å². The maximum atomic E-state index is 13.1. The van der Waals surface area contributed by atoms with E-state index in [1.54, 1.807) is 40.1 Å². The van der Waals surface area contributed by atoms with Crippen molar-refractivity contribution in [2.45, 2.75) is 44.0 Å². The average molecular weight is 456 g/mol. The smallest absolute Gasteiger partial charge is 0.240 e. The lowest BCUT2D eigenvalue weighted by Gasteiger charge is -2.33. The average Bonchev–Trinajstić information content (AvgIpc) is 3.17. The third-order valence-electron chi connectivity index (χ3n) is 6.46. The van der Waals surface area contributed by atoms with Gasteiger partial charge in [-0.2, -0.15) is 0 Å². The lowest BCUT2D eigenvalue weighted by atomic mass is 10.0. The van der Waals surface area contributed by atoms with Gasteiger partial charge in [0.1, 0.15) is 0 Å². The molecule has 1 unspecified atom stereocenters. The summed E-state index contributed by atoms with van der Waals surface area (Å²) in [6, 6.07) is 14.0. The molecule has 0 radical (unpaired) electrons. The van der Waals surface area contributed by atoms with Gasteiger partial charge in [-0.3, -0.25) is 9.59 Å². The molecule has 8 heteroatoms. The van der Waals surface area contributed by atoms with Crippen molar-refractivity contribution in [3.05, 3.63) is 59.7 Å². The Morgan fingerprint density at radius 1 is 1.00 bits per heavy atom. The lowest BCUT2D eigenvalue weighted by Crippen LogP contribution is -2.48. The van der Waals surface area contributed by atoms with Crippen LogP contribution in [-0.4, -0.2) is 50.8 Å². The molecule has 2 fully saturated rings. The Balaban J connectivity index is 1.33. The molecule has 0 bridgehead atoms. The Labute approximate surface area is 189 Å². The number of carbonyl (C=O) groups is 2. The minimum atomic E-state index is -3.57. The Kier molecular flexibility index (Phi) is 6.35. The summed E-state index contributed by atoms with van der Waals surface area (Å²) in [7, 11) is -3.57. The maximum absolute atomic E-state index is 13.1. The van der Waals surface area contributed by atoms with Crippen molar-refractivity contribution in [3.8, 4) is 0 Å². The number of hydrogen-bond acceptors (Lipinski definition) is 4. The van der Waals surface area contributed by atoms with E-state index < -0.39 is 10.0 Å². The molecule has 0 aromatic heterocycles. The normalized spacial score (nSPS) is 20.1. The molecule has 4 rings (SSSR count). The van der Waals surface area contributed by atoms with Crippen LogP contribution in [0, 0.1) is 19.8 Å². The number of piperidine rings is 1. The fraction of sp³-hybridized carbons (Fsp3) is 0.417. The molecule has 32 heavy (non-hydrogen) atoms. The molecule has 0 spiro atoms. The van der Waals surface area contributed by atoms with E-state index in [4.69, 9.17) is 0 Å². The number of anilines is 1. The van der Waals surface area contributed by atoms with Gasteiger partial charge in [-0.25, -0.2) is 13.1 Å². The summed E-state index contributed by atoms with van der Waals surface area (Å²) in [5.74, 6) is -0.409. The van der Waals surface area contributed by atoms with Crippen LogP contribution < -0.4 is 9.62 Å². The first-order valence-electron chi connectivity index (χ1n) is 11.0. The van der Waals surface area contributed by atoms with Gasteiger partial charge in [0.2, 0.25) is 21.8 Å². The number of aryl methyl sites for hydroxylation is 2. The molecule has 2 aromatic rings. The predicted octanol–water partition coefficient (Wildman–Crippen LogP) is 2.63. The highest BCUT2D eigenvalue weighted by molar-refractivity contribution is 7.89. The number of hydrogen-bond donors (Lipinski definition) is 1. The van der Waals surface area contributed by atoms with E-state index in [1.165, 1.54) is 5.56 Å². The third-order valence-corrected chi connectivity index (χ3v) is 7.99. The van der Waals surface area contributed by atoms with Gasteiger partial charge < -0.3 is 9.80 Å². The molecule has 0 aliphatic carbocycles. The van der Waals surface area contributed by atoms with E-state index in [9.17, 15) is 18.0 Å². The second-order valence-electron chi connectivity index (χ2n) is 8.71. The van der Waals surface area contributed by atoms with E-state index in [2.05, 4.69) is 4.72 Å². The monoisotopic (exact) mass is 455 g/mol. The van der Waals surface area contributed by atoms with E-state index in [1.807, 2.05) is 32.0 Å². The molecular formula is C24H29N3O4S. The van der Waals surface area contributed by atoms with Crippen LogP contribution in [0.4, 0.5) is 5.69 Å². The second-order valence-corrected chi connectivity index (χ2v) is 10.4. The number of likely N-dealkylation sites (tertiary alicyclic amines) is 1. The van der Waals surface area contributed by atoms with Crippen LogP contribution in [0.5, 0.6) is 0 Å². The van der Waals surface area contributed by atoms with Crippen molar-refractivity contribution in [1.29, 1.82) is 0 Å². The minimum absolute atomic E-state index is 0.0194. The summed E-state index contributed by atoms with van der Waals surface area (Å²) in [6.07, 6.45) is 1.32. The highest BCUT2D eigenvalue weighted by Crippen LogP contribution is 2.28. The van der Waals surface area contributed by atoms with Crippen LogP contribution in [0.3, 0.4) is 0 Å². The molecular weight excluding hydrogens is 426 g/mol. The van der Waals surface area contributed by atoms with E-state index in [-0.39, 0.29) is 35.1 Å². The van der Waals surface area contributed by atoms with Gasteiger partial charge in [-0.05, 0) is 62.1 Å². The fourth-order valence-electron chi connectivity index (χ4n) is 4.38. The van der Waals surface area contributed by atoms with Crippen LogP contribution in [-0.2, 0) is 19.6 Å². The minimum Gasteiger partial charge on any atom is -0.342 e. The van der Waals surface area contributed by atoms with Gasteiger partial charge in [-0.1, -0.05) is 24.3 Å². The molecule has 2 amide bonds. The Bertz CT molecular complexity index is 1110. The molecule has 2 aliphatic rings. The standard InChI is InChI=1S/C24H29N3O4S/c1-17-8-9-21(14-18(17)2)27-16-19(15-23(27)28)24(29)26-12-10-20(11-13-26)25-32(30,31)22-6-4-3-5-7-22/h3-9,14,19-20,25H,10-13,15-16H2,1-2H3. The Hall–Kier alpha value is -2.71. The number of rotatable bonds is 5. The van der Waals surface area contributed by atoms with Crippen molar-refractivity contribution in [3.63, 3.8) is 0 Å². The second kappa shape index (κ2) is 9.03. The predicted molar refractivity (Wildman–Crippen MR) is 123 cm³/mol. The summed E-state index contributed by atoms with van der Waals surface area (Å²) in [6.45, 7) is 5.39. The zero-order chi connectivity index (χ0) is 22.9. The number of nitrogens with zero attached hydrogens (tertiary/aromatic N) is 2. The van der Waals surface area contributed by atoms with Crippen LogP contribution in [0.2, 0.25) is 0 Å². The van der Waals surface area contributed by atoms with Crippen molar-refractivity contribution in [2.75, 3.05) is 24.5 Å². The summed E-state index contributed by atoms with van der Waals surface area (Å²) in [5, 5.41) is 0. The van der Waals surface area contributed by atoms with Gasteiger partial charge >= 0.3 is 0 Å². The Morgan fingerprint density at radius 3 is 2.34 bits per heavy atom. The van der Waals surface area contributed by atoms with Gasteiger partial charge in [-0.15, -0.1) is 0 Å². The zero-order valence-electron chi connectivity index (χ0n) is 18.5. The quantitative estimate of drug-likeness (QED) is 0.751. The summed E-state index contributed by atoms with van der Waals surface area (Å²) >= 11 is 0. The number of carbonyl (C=O) groups excluding carboxylic acids is 2. The first-order valence-corrected chi connectivity index (χ1v) is 12.5. The molecule has 2 heterocycles. The molecule has 2 saturated heterocycles. The molecule has 1 atom stereocenters. The topological polar surface area (TPSA) is 86.8 Å². The summed E-state index contributed by atoms with van der Waals surface area (Å²) in [5.41, 5.74) is 3.12. The summed E-state index contributed by atoms with van der Waals surface area (Å²) < 4.78 is 27.8. The molecule has 2 aliphatic heterocycles. The van der Waals surface area contributed by atoms with Crippen molar-refractivity contribution in [1.82, 2.24) is 9.62 Å². The van der Waals surface area contributed by atoms with Gasteiger partial charge in [0.25, 0.3) is 0 Å². The Morgan fingerprint density at radius 2 is 1.69 bits per heavy atom. The molecule has 1 N–H and O–H groups in total. The van der Waals surface area contributed by atoms with Crippen molar-refractivity contribution in [2.24, 2.45) is 5.92 Å². The highest BCUT2D eigenvalue weighted by atomic mass is 32.2. The van der Waals surface area contributed by atoms with Crippen molar-refractivity contribution >= 4 is 27.5 Å². The summed E-state index contributed by atoms with van der Waals surface area (Å²) in [4.78, 5) is 29.4. The maximum Gasteiger partial charge on any atom is 0.240 e. The number of nitrogens with one attached hydrogen (secondary N) is 1. The van der Waals surface area contributed by atoms with Gasteiger partial charge in [0.15, 0.2) is 0 Å². The van der Waals surface area contributed by atoms with E-state index in [0.717, 1.165) is 11.3 Å². The molecule has 0 saturated carbocycles. The number of amides is 2. The SMILES string of the molecule is Cc1ccc(N2CC(C(=O)N3CCC(NS(=O)(=O)c4ccccc4)CC3)CC2=O)cc1C. The third kappa shape index (κ3) is 4.71. The number of sulfonamides is 1. The number of benzene rings is 2. The highest BCUT2D eigenvalue weighted by Gasteiger charge is 2.38. The first kappa shape index (κ1) is 22.5. The zero-order valence-corrected chi connectivity index (χ0v) is 19.3. The van der Waals surface area contributed by atoms with E-state index in [0.29, 0.717) is 32.5 Å². The molecule has 7 nitrogen and oxygen atoms in total. The first-order chi connectivity index (χ1) is 15.2. The largest absolute Gasteiger partial charge is 0.342 e. The van der Waals surface area contributed by atoms with Crippen LogP contribution in [0.1, 0.15) is 30.4 Å². The molecule has 2 aromatic carbocycles. The van der Waals surface area contributed by atoms with E-state index >= 15 is 0 Å². The van der Waals surface area contributed by atoms with Gasteiger partial charge in [0, 0.05) is 37.8 Å². The lowest BCUT2D eigenvalue weighted by molar-refractivity contribution is -0.136. The fourth-order valence-corrected chi connectivity index (χ4v) is 5.71. The van der Waals surface area contributed by atoms with Crippen molar-refractivity contribution < 1.29 is 18.0 Å². The van der Waals surface area contributed by atoms with Gasteiger partial charge in [0.05, 0.1) is 10.8 Å². The van der Waals surface area contributed by atoms with Crippen LogP contribution in [0.25, 0.3) is 0 Å².